The summed E-state index contributed by atoms with van der Waals surface area (Å²) in [7, 11) is 0. The number of rotatable bonds is 4. The Labute approximate surface area is 149 Å². The number of morpholine rings is 1. The molecule has 6 heteroatoms. The fourth-order valence-corrected chi connectivity index (χ4v) is 3.42. The molecule has 2 fully saturated rings. The third-order valence-electron chi connectivity index (χ3n) is 4.92. The lowest BCUT2D eigenvalue weighted by atomic mass is 10.2. The number of anilines is 2. The van der Waals surface area contributed by atoms with Crippen molar-refractivity contribution in [2.45, 2.75) is 6.54 Å². The van der Waals surface area contributed by atoms with Gasteiger partial charge in [0.25, 0.3) is 0 Å². The second-order valence-corrected chi connectivity index (χ2v) is 6.60. The summed E-state index contributed by atoms with van der Waals surface area (Å²) < 4.78 is 5.39. The van der Waals surface area contributed by atoms with Gasteiger partial charge in [0.1, 0.15) is 0 Å². The third kappa shape index (κ3) is 4.08. The summed E-state index contributed by atoms with van der Waals surface area (Å²) in [5.74, 6) is 1.94. The highest BCUT2D eigenvalue weighted by molar-refractivity contribution is 5.45. The molecule has 4 rings (SSSR count). The minimum absolute atomic E-state index is 0.771. The third-order valence-corrected chi connectivity index (χ3v) is 4.92. The highest BCUT2D eigenvalue weighted by Gasteiger charge is 2.19. The normalized spacial score (nSPS) is 19.2. The fraction of sp³-hybridized carbons (Fsp3) is 0.474. The van der Waals surface area contributed by atoms with E-state index in [9.17, 15) is 0 Å². The summed E-state index contributed by atoms with van der Waals surface area (Å²) in [6, 6.07) is 14.9. The van der Waals surface area contributed by atoms with Gasteiger partial charge in [0.05, 0.1) is 13.2 Å². The molecule has 6 nitrogen and oxygen atoms in total. The molecule has 0 spiro atoms. The zero-order chi connectivity index (χ0) is 16.9. The molecule has 0 radical (unpaired) electrons. The van der Waals surface area contributed by atoms with Crippen molar-refractivity contribution < 1.29 is 4.74 Å². The molecule has 25 heavy (non-hydrogen) atoms. The van der Waals surface area contributed by atoms with Crippen molar-refractivity contribution in [2.75, 3.05) is 62.3 Å². The van der Waals surface area contributed by atoms with E-state index in [-0.39, 0.29) is 0 Å². The van der Waals surface area contributed by atoms with Gasteiger partial charge in [-0.3, -0.25) is 4.90 Å². The highest BCUT2D eigenvalue weighted by atomic mass is 16.5. The van der Waals surface area contributed by atoms with Gasteiger partial charge >= 0.3 is 0 Å². The number of ether oxygens (including phenoxy) is 1. The molecule has 0 amide bonds. The first-order valence-electron chi connectivity index (χ1n) is 9.06. The van der Waals surface area contributed by atoms with E-state index in [4.69, 9.17) is 4.74 Å². The molecule has 2 saturated heterocycles. The zero-order valence-electron chi connectivity index (χ0n) is 14.5. The molecule has 2 aromatic rings. The quantitative estimate of drug-likeness (QED) is 0.844. The SMILES string of the molecule is c1ccc(CN2CCN(c3ccc(N4CCOCC4)nn3)CC2)cc1. The molecule has 0 saturated carbocycles. The van der Waals surface area contributed by atoms with E-state index in [1.165, 1.54) is 5.56 Å². The lowest BCUT2D eigenvalue weighted by Gasteiger charge is -2.35. The molecule has 0 aliphatic carbocycles. The number of nitrogens with zero attached hydrogens (tertiary/aromatic N) is 5. The van der Waals surface area contributed by atoms with Crippen LogP contribution in [0.5, 0.6) is 0 Å². The van der Waals surface area contributed by atoms with E-state index in [0.717, 1.165) is 70.7 Å². The second-order valence-electron chi connectivity index (χ2n) is 6.60. The van der Waals surface area contributed by atoms with E-state index in [0.29, 0.717) is 0 Å². The van der Waals surface area contributed by atoms with Gasteiger partial charge in [0.15, 0.2) is 11.6 Å². The van der Waals surface area contributed by atoms with Crippen molar-refractivity contribution >= 4 is 11.6 Å². The fourth-order valence-electron chi connectivity index (χ4n) is 3.42. The van der Waals surface area contributed by atoms with Crippen LogP contribution in [0.2, 0.25) is 0 Å². The van der Waals surface area contributed by atoms with Crippen LogP contribution in [0, 0.1) is 0 Å². The standard InChI is InChI=1S/C19H25N5O/c1-2-4-17(5-3-1)16-22-8-10-23(11-9-22)18-6-7-19(21-20-18)24-12-14-25-15-13-24/h1-7H,8-16H2. The van der Waals surface area contributed by atoms with Crippen molar-refractivity contribution in [3.63, 3.8) is 0 Å². The van der Waals surface area contributed by atoms with Crippen molar-refractivity contribution in [1.82, 2.24) is 15.1 Å². The number of benzene rings is 1. The smallest absolute Gasteiger partial charge is 0.151 e. The minimum Gasteiger partial charge on any atom is -0.378 e. The van der Waals surface area contributed by atoms with Crippen LogP contribution in [0.15, 0.2) is 42.5 Å². The Morgan fingerprint density at radius 3 is 1.92 bits per heavy atom. The molecule has 2 aliphatic heterocycles. The van der Waals surface area contributed by atoms with Crippen LogP contribution in [0.4, 0.5) is 11.6 Å². The van der Waals surface area contributed by atoms with E-state index >= 15 is 0 Å². The Hall–Kier alpha value is -2.18. The van der Waals surface area contributed by atoms with Crippen molar-refractivity contribution in [2.24, 2.45) is 0 Å². The van der Waals surface area contributed by atoms with Crippen molar-refractivity contribution in [3.8, 4) is 0 Å². The topological polar surface area (TPSA) is 44.7 Å². The van der Waals surface area contributed by atoms with Crippen LogP contribution in [0.3, 0.4) is 0 Å². The molecule has 0 unspecified atom stereocenters. The Kier molecular flexibility index (Phi) is 5.09. The van der Waals surface area contributed by atoms with Crippen LogP contribution in [-0.2, 0) is 11.3 Å². The maximum absolute atomic E-state index is 5.39. The van der Waals surface area contributed by atoms with Crippen LogP contribution >= 0.6 is 0 Å². The van der Waals surface area contributed by atoms with Crippen LogP contribution in [0.25, 0.3) is 0 Å². The molecular weight excluding hydrogens is 314 g/mol. The molecule has 2 aliphatic rings. The van der Waals surface area contributed by atoms with Crippen LogP contribution in [-0.4, -0.2) is 67.6 Å². The monoisotopic (exact) mass is 339 g/mol. The Balaban J connectivity index is 1.31. The van der Waals surface area contributed by atoms with Crippen LogP contribution < -0.4 is 9.80 Å². The highest BCUT2D eigenvalue weighted by Crippen LogP contribution is 2.18. The van der Waals surface area contributed by atoms with Gasteiger partial charge in [-0.25, -0.2) is 0 Å². The van der Waals surface area contributed by atoms with Gasteiger partial charge in [0.2, 0.25) is 0 Å². The minimum atomic E-state index is 0.771. The average molecular weight is 339 g/mol. The molecule has 0 atom stereocenters. The van der Waals surface area contributed by atoms with E-state index in [2.05, 4.69) is 67.4 Å². The van der Waals surface area contributed by atoms with Gasteiger partial charge < -0.3 is 14.5 Å². The maximum atomic E-state index is 5.39. The van der Waals surface area contributed by atoms with Gasteiger partial charge in [-0.15, -0.1) is 10.2 Å². The Morgan fingerprint density at radius 2 is 1.32 bits per heavy atom. The first-order chi connectivity index (χ1) is 12.4. The van der Waals surface area contributed by atoms with E-state index in [1.807, 2.05) is 0 Å². The van der Waals surface area contributed by atoms with E-state index in [1.54, 1.807) is 0 Å². The molecule has 0 N–H and O–H groups in total. The predicted molar refractivity (Wildman–Crippen MR) is 99.0 cm³/mol. The van der Waals surface area contributed by atoms with Gasteiger partial charge in [-0.05, 0) is 17.7 Å². The molecular formula is C19H25N5O. The molecule has 1 aromatic heterocycles. The lowest BCUT2D eigenvalue weighted by Crippen LogP contribution is -2.46. The summed E-state index contributed by atoms with van der Waals surface area (Å²) in [4.78, 5) is 7.07. The summed E-state index contributed by atoms with van der Waals surface area (Å²) in [6.07, 6.45) is 0. The predicted octanol–water partition coefficient (Wildman–Crippen LogP) is 1.64. The Bertz CT molecular complexity index is 649. The molecule has 1 aromatic carbocycles. The second kappa shape index (κ2) is 7.80. The summed E-state index contributed by atoms with van der Waals surface area (Å²) in [5, 5.41) is 8.89. The number of hydrogen-bond donors (Lipinski definition) is 0. The molecule has 132 valence electrons. The molecule has 0 bridgehead atoms. The zero-order valence-corrected chi connectivity index (χ0v) is 14.5. The largest absolute Gasteiger partial charge is 0.378 e. The number of hydrogen-bond acceptors (Lipinski definition) is 6. The first-order valence-corrected chi connectivity index (χ1v) is 9.06. The van der Waals surface area contributed by atoms with Gasteiger partial charge in [-0.1, -0.05) is 30.3 Å². The average Bonchev–Trinajstić information content (AvgIpc) is 2.70. The van der Waals surface area contributed by atoms with Gasteiger partial charge in [-0.2, -0.15) is 0 Å². The van der Waals surface area contributed by atoms with E-state index < -0.39 is 0 Å². The maximum Gasteiger partial charge on any atom is 0.151 e. The number of aromatic nitrogens is 2. The van der Waals surface area contributed by atoms with Crippen molar-refractivity contribution in [1.29, 1.82) is 0 Å². The van der Waals surface area contributed by atoms with Crippen LogP contribution in [0.1, 0.15) is 5.56 Å². The number of piperazine rings is 1. The summed E-state index contributed by atoms with van der Waals surface area (Å²) in [6.45, 7) is 8.47. The van der Waals surface area contributed by atoms with Crippen molar-refractivity contribution in [3.05, 3.63) is 48.0 Å². The first kappa shape index (κ1) is 16.3. The summed E-state index contributed by atoms with van der Waals surface area (Å²) in [5.41, 5.74) is 1.38. The lowest BCUT2D eigenvalue weighted by molar-refractivity contribution is 0.122. The molecule has 3 heterocycles. The van der Waals surface area contributed by atoms with Gasteiger partial charge in [0, 0.05) is 45.8 Å². The Morgan fingerprint density at radius 1 is 0.720 bits per heavy atom. The summed E-state index contributed by atoms with van der Waals surface area (Å²) >= 11 is 0.